The SMILES string of the molecule is CC/C=C\C/C=C\C/C=C\C/C=C\C/C=C\C/C=C\C/C=C\CCCCCCCCCCCCCCCCCCCCCC(=O)OC(CO)COC(=O)CCCCCCCCCCCCCCCCCCCCCCC/C=C\CCCCCCCCCC. The van der Waals surface area contributed by atoms with Crippen molar-refractivity contribution in [1.82, 2.24) is 0 Å². The number of ether oxygens (including phenoxy) is 2. The third-order valence-corrected chi connectivity index (χ3v) is 17.4. The molecule has 0 aromatic heterocycles. The molecule has 0 saturated heterocycles. The van der Waals surface area contributed by atoms with Crippen LogP contribution in [0.2, 0.25) is 0 Å². The standard InChI is InChI=1S/C83H148O5/c1-3-5-7-9-11-13-15-17-19-21-23-25-27-29-31-33-35-37-38-39-40-41-42-43-44-46-48-50-52-54-56-58-60-62-64-66-68-70-72-74-76-78-83(86)88-81(79-84)80-87-82(85)77-75-73-71-69-67-65-63-61-59-57-55-53-51-49-47-45-36-34-32-30-28-26-24-22-20-18-16-14-12-10-8-6-4-2/h5,7,11,13,17,19,22-25,29,31,35,37,39-40,81,84H,3-4,6,8-10,12,14-16,18,20-21,26-28,30,32-34,36,38,41-80H2,1-2H3/b7-5-,13-11-,19-17-,24-22-,25-23-,31-29-,37-35-,40-39-. The van der Waals surface area contributed by atoms with Gasteiger partial charge in [0.25, 0.3) is 0 Å². The summed E-state index contributed by atoms with van der Waals surface area (Å²) in [5.41, 5.74) is 0. The molecule has 0 spiro atoms. The molecule has 0 aliphatic heterocycles. The Morgan fingerprint density at radius 3 is 0.750 bits per heavy atom. The van der Waals surface area contributed by atoms with Crippen molar-refractivity contribution in [2.24, 2.45) is 0 Å². The van der Waals surface area contributed by atoms with E-state index >= 15 is 0 Å². The van der Waals surface area contributed by atoms with Crippen molar-refractivity contribution in [1.29, 1.82) is 0 Å². The number of esters is 2. The number of carbonyl (C=O) groups is 2. The normalized spacial score (nSPS) is 12.7. The van der Waals surface area contributed by atoms with Gasteiger partial charge in [-0.15, -0.1) is 0 Å². The van der Waals surface area contributed by atoms with E-state index in [1.54, 1.807) is 0 Å². The molecule has 510 valence electrons. The van der Waals surface area contributed by atoms with Crippen molar-refractivity contribution in [3.63, 3.8) is 0 Å². The molecule has 0 rings (SSSR count). The highest BCUT2D eigenvalue weighted by molar-refractivity contribution is 5.70. The predicted octanol–water partition coefficient (Wildman–Crippen LogP) is 27.3. The average molecular weight is 1230 g/mol. The second kappa shape index (κ2) is 78.1. The summed E-state index contributed by atoms with van der Waals surface area (Å²) in [7, 11) is 0. The second-order valence-corrected chi connectivity index (χ2v) is 26.1. The molecule has 1 N–H and O–H groups in total. The van der Waals surface area contributed by atoms with E-state index in [1.807, 2.05) is 0 Å². The lowest BCUT2D eigenvalue weighted by molar-refractivity contribution is -0.161. The van der Waals surface area contributed by atoms with E-state index in [9.17, 15) is 14.7 Å². The minimum atomic E-state index is -0.774. The fourth-order valence-electron chi connectivity index (χ4n) is 11.6. The number of unbranched alkanes of at least 4 members (excludes halogenated alkanes) is 48. The molecule has 0 aromatic rings. The number of aliphatic hydroxyl groups excluding tert-OH is 1. The molecule has 5 heteroatoms. The molecule has 0 amide bonds. The van der Waals surface area contributed by atoms with E-state index in [4.69, 9.17) is 9.47 Å². The van der Waals surface area contributed by atoms with Crippen molar-refractivity contribution in [2.75, 3.05) is 13.2 Å². The zero-order valence-corrected chi connectivity index (χ0v) is 58.7. The van der Waals surface area contributed by atoms with Crippen LogP contribution in [-0.2, 0) is 19.1 Å². The maximum atomic E-state index is 12.4. The lowest BCUT2D eigenvalue weighted by Gasteiger charge is -2.15. The highest BCUT2D eigenvalue weighted by Crippen LogP contribution is 2.19. The maximum Gasteiger partial charge on any atom is 0.306 e. The van der Waals surface area contributed by atoms with Gasteiger partial charge in [-0.1, -0.05) is 387 Å². The van der Waals surface area contributed by atoms with E-state index in [-0.39, 0.29) is 25.2 Å². The van der Waals surface area contributed by atoms with Crippen LogP contribution >= 0.6 is 0 Å². The molecule has 0 aliphatic carbocycles. The Hall–Kier alpha value is -3.18. The summed E-state index contributed by atoms with van der Waals surface area (Å²) < 4.78 is 10.8. The number of carbonyl (C=O) groups excluding carboxylic acids is 2. The Morgan fingerprint density at radius 2 is 0.489 bits per heavy atom. The quantitative estimate of drug-likeness (QED) is 0.0373. The number of hydrogen-bond acceptors (Lipinski definition) is 5. The lowest BCUT2D eigenvalue weighted by Crippen LogP contribution is -2.28. The summed E-state index contributed by atoms with van der Waals surface area (Å²) in [6.45, 7) is 4.08. The third-order valence-electron chi connectivity index (χ3n) is 17.4. The Kier molecular flexibility index (Phi) is 75.2. The van der Waals surface area contributed by atoms with Gasteiger partial charge in [0.15, 0.2) is 6.10 Å². The van der Waals surface area contributed by atoms with E-state index in [2.05, 4.69) is 111 Å². The van der Waals surface area contributed by atoms with Crippen LogP contribution in [0.25, 0.3) is 0 Å². The lowest BCUT2D eigenvalue weighted by atomic mass is 10.0. The fourth-order valence-corrected chi connectivity index (χ4v) is 11.6. The minimum absolute atomic E-state index is 0.0625. The molecule has 0 aromatic carbocycles. The highest BCUT2D eigenvalue weighted by Gasteiger charge is 2.16. The third kappa shape index (κ3) is 75.3. The van der Waals surface area contributed by atoms with Crippen LogP contribution in [-0.4, -0.2) is 36.4 Å². The van der Waals surface area contributed by atoms with Crippen LogP contribution in [0.1, 0.15) is 399 Å². The van der Waals surface area contributed by atoms with Gasteiger partial charge in [0.2, 0.25) is 0 Å². The van der Waals surface area contributed by atoms with Crippen LogP contribution in [0.4, 0.5) is 0 Å². The van der Waals surface area contributed by atoms with Crippen molar-refractivity contribution in [2.45, 2.75) is 405 Å². The van der Waals surface area contributed by atoms with Crippen molar-refractivity contribution < 1.29 is 24.2 Å². The van der Waals surface area contributed by atoms with Gasteiger partial charge < -0.3 is 14.6 Å². The smallest absolute Gasteiger partial charge is 0.306 e. The van der Waals surface area contributed by atoms with Gasteiger partial charge >= 0.3 is 11.9 Å². The monoisotopic (exact) mass is 1230 g/mol. The topological polar surface area (TPSA) is 72.8 Å². The molecule has 0 aliphatic rings. The van der Waals surface area contributed by atoms with Gasteiger partial charge in [-0.2, -0.15) is 0 Å². The van der Waals surface area contributed by atoms with Gasteiger partial charge in [-0.3, -0.25) is 9.59 Å². The molecular weight excluding hydrogens is 1080 g/mol. The average Bonchev–Trinajstić information content (AvgIpc) is 3.56. The van der Waals surface area contributed by atoms with Gasteiger partial charge in [0, 0.05) is 12.8 Å². The number of allylic oxidation sites excluding steroid dienone is 16. The number of aliphatic hydroxyl groups is 1. The van der Waals surface area contributed by atoms with Gasteiger partial charge in [0.05, 0.1) is 6.61 Å². The zero-order valence-electron chi connectivity index (χ0n) is 58.7. The molecule has 0 fully saturated rings. The van der Waals surface area contributed by atoms with Crippen molar-refractivity contribution in [3.8, 4) is 0 Å². The van der Waals surface area contributed by atoms with Gasteiger partial charge in [-0.05, 0) is 96.3 Å². The van der Waals surface area contributed by atoms with Crippen molar-refractivity contribution in [3.05, 3.63) is 97.2 Å². The summed E-state index contributed by atoms with van der Waals surface area (Å²) >= 11 is 0. The molecular formula is C83H148O5. The predicted molar refractivity (Wildman–Crippen MR) is 389 cm³/mol. The van der Waals surface area contributed by atoms with Crippen molar-refractivity contribution >= 4 is 11.9 Å². The summed E-state index contributed by atoms with van der Waals surface area (Å²) in [4.78, 5) is 24.7. The molecule has 0 radical (unpaired) electrons. The van der Waals surface area contributed by atoms with E-state index in [0.717, 1.165) is 83.5 Å². The Balaban J connectivity index is 3.42. The van der Waals surface area contributed by atoms with Crippen LogP contribution in [0.5, 0.6) is 0 Å². The van der Waals surface area contributed by atoms with Crippen LogP contribution in [0, 0.1) is 0 Å². The fraction of sp³-hybridized carbons (Fsp3) is 0.783. The summed E-state index contributed by atoms with van der Waals surface area (Å²) in [6.07, 6.45) is 112. The summed E-state index contributed by atoms with van der Waals surface area (Å²) in [6, 6.07) is 0. The van der Waals surface area contributed by atoms with Crippen LogP contribution < -0.4 is 0 Å². The van der Waals surface area contributed by atoms with Gasteiger partial charge in [-0.25, -0.2) is 0 Å². The Labute approximate surface area is 548 Å². The molecule has 0 bridgehead atoms. The minimum Gasteiger partial charge on any atom is -0.462 e. The van der Waals surface area contributed by atoms with E-state index in [0.29, 0.717) is 12.8 Å². The highest BCUT2D eigenvalue weighted by atomic mass is 16.6. The Morgan fingerprint density at radius 1 is 0.273 bits per heavy atom. The Bertz CT molecular complexity index is 1630. The largest absolute Gasteiger partial charge is 0.462 e. The molecule has 1 atom stereocenters. The molecule has 0 heterocycles. The maximum absolute atomic E-state index is 12.4. The molecule has 0 saturated carbocycles. The van der Waals surface area contributed by atoms with E-state index in [1.165, 1.54) is 289 Å². The first-order valence-corrected chi connectivity index (χ1v) is 38.8. The van der Waals surface area contributed by atoms with Gasteiger partial charge in [0.1, 0.15) is 6.61 Å². The molecule has 88 heavy (non-hydrogen) atoms. The van der Waals surface area contributed by atoms with E-state index < -0.39 is 6.10 Å². The molecule has 5 nitrogen and oxygen atoms in total. The number of rotatable bonds is 72. The molecule has 1 unspecified atom stereocenters. The first kappa shape index (κ1) is 84.8. The second-order valence-electron chi connectivity index (χ2n) is 26.1. The number of hydrogen-bond donors (Lipinski definition) is 1. The zero-order chi connectivity index (χ0) is 63.3. The van der Waals surface area contributed by atoms with Crippen LogP contribution in [0.15, 0.2) is 97.2 Å². The summed E-state index contributed by atoms with van der Waals surface area (Å²) in [5, 5.41) is 9.72. The van der Waals surface area contributed by atoms with Crippen LogP contribution in [0.3, 0.4) is 0 Å². The first-order chi connectivity index (χ1) is 43.6. The first-order valence-electron chi connectivity index (χ1n) is 38.8. The summed E-state index contributed by atoms with van der Waals surface area (Å²) in [5.74, 6) is -0.570.